The Labute approximate surface area is 429 Å². The van der Waals surface area contributed by atoms with Crippen LogP contribution < -0.4 is 16.1 Å². The van der Waals surface area contributed by atoms with E-state index in [1.165, 1.54) is 39.7 Å². The maximum atomic E-state index is 13.3. The van der Waals surface area contributed by atoms with E-state index in [2.05, 4.69) is 36.8 Å². The minimum Gasteiger partial charge on any atom is -0.423 e. The van der Waals surface area contributed by atoms with Crippen molar-refractivity contribution in [2.45, 2.75) is 35.2 Å². The maximum absolute atomic E-state index is 13.3. The van der Waals surface area contributed by atoms with E-state index in [0.29, 0.717) is 27.8 Å². The average molecular weight is 1140 g/mol. The largest absolute Gasteiger partial charge is 0.488 e. The standard InChI is InChI=1S/C24H19ClF3N3O2S.C17H12BrClF3N3.C7H9BO4S/c1-34(32,33)20-6-4-5-17(13-20)16-9-11-18(12-10-16)29-15-19-14-23(24(26,27)28)30-31(19)22-8-3-2-7-21(22)25;18-11-5-7-12(8-6-11)23-10-13-9-16(17(20,21)22)24-25(13)15-4-2-1-3-14(15)19;1-13(11,12)7-4-2-3-6(5-7)8(9)10/h2-14,29H,15H2,1H3;1-9,23H,10H2;2-5,9-10H,1H3. The number of anilines is 2. The van der Waals surface area contributed by atoms with Gasteiger partial charge in [-0.3, -0.25) is 0 Å². The summed E-state index contributed by atoms with van der Waals surface area (Å²) in [4.78, 5) is 0.304. The molecule has 0 unspecified atom stereocenters. The van der Waals surface area contributed by atoms with Crippen LogP contribution in [0.15, 0.2) is 172 Å². The summed E-state index contributed by atoms with van der Waals surface area (Å²) in [5.41, 5.74) is 2.57. The Hall–Kier alpha value is -6.14. The van der Waals surface area contributed by atoms with Crippen LogP contribution >= 0.6 is 39.1 Å². The fourth-order valence-corrected chi connectivity index (χ4v) is 8.62. The Bertz CT molecular complexity index is 3380. The molecule has 2 heterocycles. The first-order chi connectivity index (χ1) is 33.8. The number of nitrogens with one attached hydrogen (secondary N) is 2. The van der Waals surface area contributed by atoms with E-state index in [4.69, 9.17) is 33.2 Å². The van der Waals surface area contributed by atoms with Gasteiger partial charge >= 0.3 is 19.5 Å². The molecule has 72 heavy (non-hydrogen) atoms. The molecule has 12 nitrogen and oxygen atoms in total. The van der Waals surface area contributed by atoms with Crippen molar-refractivity contribution < 1.29 is 53.2 Å². The fraction of sp³-hybridized carbons (Fsp3) is 0.125. The zero-order valence-corrected chi connectivity index (χ0v) is 42.3. The molecule has 8 aromatic rings. The number of nitrogens with zero attached hydrogens (tertiary/aromatic N) is 4. The second-order valence-corrected chi connectivity index (χ2v) is 21.3. The number of para-hydroxylation sites is 2. The lowest BCUT2D eigenvalue weighted by atomic mass is 9.80. The smallest absolute Gasteiger partial charge is 0.423 e. The van der Waals surface area contributed by atoms with Crippen LogP contribution in [0.1, 0.15) is 22.8 Å². The molecule has 2 aromatic heterocycles. The molecule has 0 saturated heterocycles. The lowest BCUT2D eigenvalue weighted by molar-refractivity contribution is -0.142. The predicted octanol–water partition coefficient (Wildman–Crippen LogP) is 10.9. The number of hydrogen-bond acceptors (Lipinski definition) is 10. The van der Waals surface area contributed by atoms with Gasteiger partial charge < -0.3 is 20.7 Å². The van der Waals surface area contributed by atoms with Gasteiger partial charge in [-0.25, -0.2) is 26.2 Å². The number of benzene rings is 6. The molecule has 0 amide bonds. The molecule has 0 aliphatic rings. The van der Waals surface area contributed by atoms with Crippen molar-refractivity contribution in [3.05, 3.63) is 195 Å². The minimum absolute atomic E-state index is 0.0667. The third-order valence-electron chi connectivity index (χ3n) is 10.2. The van der Waals surface area contributed by atoms with Gasteiger partial charge in [-0.05, 0) is 114 Å². The van der Waals surface area contributed by atoms with Gasteiger partial charge in [-0.2, -0.15) is 36.5 Å². The fourth-order valence-electron chi connectivity index (χ4n) is 6.58. The maximum Gasteiger partial charge on any atom is 0.488 e. The second kappa shape index (κ2) is 23.2. The summed E-state index contributed by atoms with van der Waals surface area (Å²) in [6, 6.07) is 41.8. The Balaban J connectivity index is 0.000000195. The van der Waals surface area contributed by atoms with Crippen LogP contribution in [0.3, 0.4) is 0 Å². The summed E-state index contributed by atoms with van der Waals surface area (Å²) >= 11 is 15.6. The van der Waals surface area contributed by atoms with Gasteiger partial charge in [0.25, 0.3) is 0 Å². The number of rotatable bonds is 12. The van der Waals surface area contributed by atoms with E-state index in [0.717, 1.165) is 45.9 Å². The van der Waals surface area contributed by atoms with Gasteiger partial charge in [0.15, 0.2) is 31.1 Å². The predicted molar refractivity (Wildman–Crippen MR) is 270 cm³/mol. The van der Waals surface area contributed by atoms with Crippen LogP contribution in [0.2, 0.25) is 10.0 Å². The van der Waals surface area contributed by atoms with Crippen molar-refractivity contribution in [1.82, 2.24) is 19.6 Å². The Morgan fingerprint density at radius 2 is 0.972 bits per heavy atom. The number of alkyl halides is 6. The molecule has 4 N–H and O–H groups in total. The molecule has 8 rings (SSSR count). The topological polar surface area (TPSA) is 168 Å². The van der Waals surface area contributed by atoms with Crippen molar-refractivity contribution >= 4 is 82.8 Å². The molecule has 0 atom stereocenters. The summed E-state index contributed by atoms with van der Waals surface area (Å²) < 4.78 is 128. The normalized spacial score (nSPS) is 11.7. The van der Waals surface area contributed by atoms with Crippen LogP contribution in [0.25, 0.3) is 22.5 Å². The van der Waals surface area contributed by atoms with Gasteiger partial charge in [-0.1, -0.05) is 99.8 Å². The quantitative estimate of drug-likeness (QED) is 0.0683. The molecule has 0 fully saturated rings. The molecule has 0 aliphatic heterocycles. The number of halogens is 9. The first-order valence-electron chi connectivity index (χ1n) is 20.9. The van der Waals surface area contributed by atoms with Gasteiger partial charge in [0.05, 0.1) is 55.7 Å². The van der Waals surface area contributed by atoms with E-state index >= 15 is 0 Å². The monoisotopic (exact) mass is 1130 g/mol. The molecule has 0 aliphatic carbocycles. The van der Waals surface area contributed by atoms with Crippen LogP contribution in [-0.4, -0.2) is 66.1 Å². The first-order valence-corrected chi connectivity index (χ1v) is 26.2. The lowest BCUT2D eigenvalue weighted by Gasteiger charge is -2.11. The van der Waals surface area contributed by atoms with Crippen LogP contribution in [0.5, 0.6) is 0 Å². The Morgan fingerprint density at radius 1 is 0.556 bits per heavy atom. The SMILES string of the molecule is CS(=O)(=O)c1cccc(-c2ccc(NCc3cc(C(F)(F)F)nn3-c3ccccc3Cl)cc2)c1.CS(=O)(=O)c1cccc(B(O)O)c1.FC(F)(F)c1cc(CNc2ccc(Br)cc2)n(-c2ccccc2Cl)n1. The molecule has 0 spiro atoms. The highest BCUT2D eigenvalue weighted by Crippen LogP contribution is 2.33. The Kier molecular flexibility index (Phi) is 17.8. The summed E-state index contributed by atoms with van der Waals surface area (Å²) in [7, 11) is -8.25. The van der Waals surface area contributed by atoms with Crippen molar-refractivity contribution in [3.8, 4) is 22.5 Å². The van der Waals surface area contributed by atoms with Crippen LogP contribution in [0.4, 0.5) is 37.7 Å². The van der Waals surface area contributed by atoms with E-state index in [1.54, 1.807) is 91.0 Å². The molecular formula is C48H40BBrCl2F6N6O6S2. The summed E-state index contributed by atoms with van der Waals surface area (Å²) in [5, 5.41) is 31.8. The molecular weight excluding hydrogens is 1100 g/mol. The van der Waals surface area contributed by atoms with Crippen LogP contribution in [-0.2, 0) is 45.1 Å². The number of aromatic nitrogens is 4. The Morgan fingerprint density at radius 3 is 1.39 bits per heavy atom. The first kappa shape index (κ1) is 55.2. The van der Waals surface area contributed by atoms with Crippen molar-refractivity contribution in [1.29, 1.82) is 0 Å². The van der Waals surface area contributed by atoms with Gasteiger partial charge in [0.2, 0.25) is 0 Å². The minimum atomic E-state index is -4.59. The lowest BCUT2D eigenvalue weighted by Crippen LogP contribution is -2.30. The molecule has 0 bridgehead atoms. The zero-order valence-electron chi connectivity index (χ0n) is 37.5. The van der Waals surface area contributed by atoms with Crippen molar-refractivity contribution in [2.24, 2.45) is 0 Å². The summed E-state index contributed by atoms with van der Waals surface area (Å²) in [6.45, 7) is 0.229. The van der Waals surface area contributed by atoms with Crippen molar-refractivity contribution in [3.63, 3.8) is 0 Å². The molecule has 24 heteroatoms. The van der Waals surface area contributed by atoms with Crippen molar-refractivity contribution in [2.75, 3.05) is 23.1 Å². The van der Waals surface area contributed by atoms with Gasteiger partial charge in [0.1, 0.15) is 0 Å². The summed E-state index contributed by atoms with van der Waals surface area (Å²) in [6.07, 6.45) is -6.91. The molecule has 0 radical (unpaired) electrons. The average Bonchev–Trinajstić information content (AvgIpc) is 3.97. The third-order valence-corrected chi connectivity index (χ3v) is 13.6. The highest BCUT2D eigenvalue weighted by molar-refractivity contribution is 9.10. The van der Waals surface area contributed by atoms with E-state index in [1.807, 2.05) is 24.3 Å². The van der Waals surface area contributed by atoms with E-state index in [9.17, 15) is 43.2 Å². The number of hydrogen-bond donors (Lipinski definition) is 4. The highest BCUT2D eigenvalue weighted by atomic mass is 79.9. The third kappa shape index (κ3) is 15.0. The number of sulfone groups is 2. The second-order valence-electron chi connectivity index (χ2n) is 15.6. The molecule has 376 valence electrons. The summed E-state index contributed by atoms with van der Waals surface area (Å²) in [5.74, 6) is 0. The van der Waals surface area contributed by atoms with E-state index in [-0.39, 0.29) is 39.1 Å². The zero-order chi connectivity index (χ0) is 52.6. The van der Waals surface area contributed by atoms with E-state index < -0.39 is 50.5 Å². The molecule has 6 aromatic carbocycles. The van der Waals surface area contributed by atoms with Gasteiger partial charge in [0, 0.05) is 28.4 Å². The highest BCUT2D eigenvalue weighted by Gasteiger charge is 2.36. The van der Waals surface area contributed by atoms with Crippen LogP contribution in [0, 0.1) is 0 Å². The van der Waals surface area contributed by atoms with Gasteiger partial charge in [-0.15, -0.1) is 0 Å². The molecule has 0 saturated carbocycles.